The second kappa shape index (κ2) is 5.07. The first kappa shape index (κ1) is 14.2. The first-order chi connectivity index (χ1) is 9.30. The SMILES string of the molecule is O=C1CCNC(=O)C1C(=O)c1ccc(C(F)(F)F)cc1. The molecule has 1 N–H and O–H groups in total. The molecule has 106 valence electrons. The van der Waals surface area contributed by atoms with Gasteiger partial charge in [0.25, 0.3) is 0 Å². The highest BCUT2D eigenvalue weighted by Crippen LogP contribution is 2.29. The average molecular weight is 285 g/mol. The number of amides is 1. The predicted molar refractivity (Wildman–Crippen MR) is 61.9 cm³/mol. The molecular formula is C13H10F3NO3. The molecule has 0 bridgehead atoms. The highest BCUT2D eigenvalue weighted by Gasteiger charge is 2.37. The third-order valence-electron chi connectivity index (χ3n) is 3.01. The standard InChI is InChI=1S/C13H10F3NO3/c14-13(15,16)8-3-1-7(2-4-8)11(19)10-9(18)5-6-17-12(10)20/h1-4,10H,5-6H2,(H,17,20). The van der Waals surface area contributed by atoms with Crippen LogP contribution < -0.4 is 5.32 Å². The molecule has 1 aromatic carbocycles. The molecule has 1 heterocycles. The van der Waals surface area contributed by atoms with Crippen LogP contribution >= 0.6 is 0 Å². The third-order valence-corrected chi connectivity index (χ3v) is 3.01. The molecule has 7 heteroatoms. The van der Waals surface area contributed by atoms with E-state index in [-0.39, 0.29) is 18.5 Å². The molecule has 1 unspecified atom stereocenters. The molecule has 1 aromatic rings. The largest absolute Gasteiger partial charge is 0.416 e. The summed E-state index contributed by atoms with van der Waals surface area (Å²) in [6, 6.07) is 3.44. The number of hydrogen-bond donors (Lipinski definition) is 1. The van der Waals surface area contributed by atoms with Gasteiger partial charge in [0.1, 0.15) is 0 Å². The smallest absolute Gasteiger partial charge is 0.355 e. The molecule has 1 fully saturated rings. The van der Waals surface area contributed by atoms with Crippen LogP contribution in [0.4, 0.5) is 13.2 Å². The third kappa shape index (κ3) is 2.71. The average Bonchev–Trinajstić information content (AvgIpc) is 2.37. The minimum atomic E-state index is -4.50. The van der Waals surface area contributed by atoms with Gasteiger partial charge in [-0.05, 0) is 12.1 Å². The van der Waals surface area contributed by atoms with Crippen molar-refractivity contribution in [1.82, 2.24) is 5.32 Å². The summed E-state index contributed by atoms with van der Waals surface area (Å²) in [4.78, 5) is 35.1. The van der Waals surface area contributed by atoms with E-state index < -0.39 is 35.1 Å². The zero-order chi connectivity index (χ0) is 14.9. The molecule has 0 spiro atoms. The van der Waals surface area contributed by atoms with Crippen LogP contribution in [0.25, 0.3) is 0 Å². The fourth-order valence-electron chi connectivity index (χ4n) is 1.96. The van der Waals surface area contributed by atoms with E-state index >= 15 is 0 Å². The number of benzene rings is 1. The monoisotopic (exact) mass is 285 g/mol. The molecular weight excluding hydrogens is 275 g/mol. The Morgan fingerprint density at radius 1 is 1.15 bits per heavy atom. The number of carbonyl (C=O) groups is 3. The number of hydrogen-bond acceptors (Lipinski definition) is 3. The van der Waals surface area contributed by atoms with Crippen LogP contribution in [0.3, 0.4) is 0 Å². The second-order valence-electron chi connectivity index (χ2n) is 4.38. The summed E-state index contributed by atoms with van der Waals surface area (Å²) < 4.78 is 37.2. The summed E-state index contributed by atoms with van der Waals surface area (Å²) in [7, 11) is 0. The van der Waals surface area contributed by atoms with Crippen LogP contribution in [-0.2, 0) is 15.8 Å². The summed E-state index contributed by atoms with van der Waals surface area (Å²) in [5.41, 5.74) is -0.984. The molecule has 1 aliphatic rings. The van der Waals surface area contributed by atoms with Gasteiger partial charge in [0.15, 0.2) is 17.5 Å². The maximum atomic E-state index is 12.4. The molecule has 1 atom stereocenters. The van der Waals surface area contributed by atoms with Crippen molar-refractivity contribution >= 4 is 17.5 Å². The lowest BCUT2D eigenvalue weighted by atomic mass is 9.89. The molecule has 4 nitrogen and oxygen atoms in total. The summed E-state index contributed by atoms with van der Waals surface area (Å²) in [6.45, 7) is 0.175. The van der Waals surface area contributed by atoms with E-state index in [1.54, 1.807) is 0 Å². The van der Waals surface area contributed by atoms with Gasteiger partial charge in [-0.3, -0.25) is 14.4 Å². The zero-order valence-corrected chi connectivity index (χ0v) is 10.2. The predicted octanol–water partition coefficient (Wildman–Crippen LogP) is 1.59. The Hall–Kier alpha value is -2.18. The number of rotatable bonds is 2. The van der Waals surface area contributed by atoms with Gasteiger partial charge in [-0.2, -0.15) is 13.2 Å². The van der Waals surface area contributed by atoms with Crippen molar-refractivity contribution in [3.8, 4) is 0 Å². The zero-order valence-electron chi connectivity index (χ0n) is 10.2. The van der Waals surface area contributed by atoms with Crippen LogP contribution in [-0.4, -0.2) is 24.0 Å². The Morgan fingerprint density at radius 3 is 2.25 bits per heavy atom. The van der Waals surface area contributed by atoms with Crippen molar-refractivity contribution in [1.29, 1.82) is 0 Å². The second-order valence-corrected chi connectivity index (χ2v) is 4.38. The molecule has 20 heavy (non-hydrogen) atoms. The van der Waals surface area contributed by atoms with Crippen molar-refractivity contribution in [3.05, 3.63) is 35.4 Å². The minimum Gasteiger partial charge on any atom is -0.355 e. The van der Waals surface area contributed by atoms with Crippen LogP contribution in [0.2, 0.25) is 0 Å². The van der Waals surface area contributed by atoms with Gasteiger partial charge in [0, 0.05) is 18.5 Å². The van der Waals surface area contributed by atoms with Crippen LogP contribution in [0.5, 0.6) is 0 Å². The van der Waals surface area contributed by atoms with Crippen molar-refractivity contribution in [2.24, 2.45) is 5.92 Å². The first-order valence-electron chi connectivity index (χ1n) is 5.82. The number of Topliss-reactive ketones (excluding diaryl/α,β-unsaturated/α-hetero) is 2. The van der Waals surface area contributed by atoms with Gasteiger partial charge in [0.2, 0.25) is 5.91 Å². The molecule has 1 aliphatic heterocycles. The van der Waals surface area contributed by atoms with E-state index in [1.165, 1.54) is 0 Å². The van der Waals surface area contributed by atoms with Crippen LogP contribution in [0.15, 0.2) is 24.3 Å². The molecule has 0 aliphatic carbocycles. The summed E-state index contributed by atoms with van der Waals surface area (Å²) in [6.07, 6.45) is -4.46. The highest BCUT2D eigenvalue weighted by atomic mass is 19.4. The normalized spacial score (nSPS) is 19.6. The number of alkyl halides is 3. The Kier molecular flexibility index (Phi) is 3.61. The van der Waals surface area contributed by atoms with Crippen molar-refractivity contribution in [2.45, 2.75) is 12.6 Å². The van der Waals surface area contributed by atoms with E-state index in [4.69, 9.17) is 0 Å². The number of nitrogens with one attached hydrogen (secondary N) is 1. The quantitative estimate of drug-likeness (QED) is 0.663. The fourth-order valence-corrected chi connectivity index (χ4v) is 1.96. The topological polar surface area (TPSA) is 63.2 Å². The lowest BCUT2D eigenvalue weighted by molar-refractivity contribution is -0.138. The molecule has 0 aromatic heterocycles. The summed E-state index contributed by atoms with van der Waals surface area (Å²) in [5.74, 6) is -3.45. The number of piperidine rings is 1. The summed E-state index contributed by atoms with van der Waals surface area (Å²) in [5, 5.41) is 2.39. The van der Waals surface area contributed by atoms with Gasteiger partial charge < -0.3 is 5.32 Å². The molecule has 0 radical (unpaired) electrons. The van der Waals surface area contributed by atoms with Crippen molar-refractivity contribution < 1.29 is 27.6 Å². The van der Waals surface area contributed by atoms with Gasteiger partial charge in [0.05, 0.1) is 5.56 Å². The lowest BCUT2D eigenvalue weighted by Gasteiger charge is -2.19. The van der Waals surface area contributed by atoms with Crippen molar-refractivity contribution in [3.63, 3.8) is 0 Å². The Morgan fingerprint density at radius 2 is 1.75 bits per heavy atom. The van der Waals surface area contributed by atoms with Gasteiger partial charge in [-0.25, -0.2) is 0 Å². The summed E-state index contributed by atoms with van der Waals surface area (Å²) >= 11 is 0. The lowest BCUT2D eigenvalue weighted by Crippen LogP contribution is -2.46. The van der Waals surface area contributed by atoms with Crippen LogP contribution in [0.1, 0.15) is 22.3 Å². The maximum absolute atomic E-state index is 12.4. The number of carbonyl (C=O) groups excluding carboxylic acids is 3. The molecule has 2 rings (SSSR count). The van der Waals surface area contributed by atoms with Gasteiger partial charge in [-0.1, -0.05) is 12.1 Å². The van der Waals surface area contributed by atoms with Gasteiger partial charge in [-0.15, -0.1) is 0 Å². The van der Waals surface area contributed by atoms with E-state index in [9.17, 15) is 27.6 Å². The molecule has 0 saturated carbocycles. The van der Waals surface area contributed by atoms with Gasteiger partial charge >= 0.3 is 6.18 Å². The van der Waals surface area contributed by atoms with E-state index in [2.05, 4.69) is 5.32 Å². The van der Waals surface area contributed by atoms with E-state index in [0.717, 1.165) is 24.3 Å². The first-order valence-corrected chi connectivity index (χ1v) is 5.82. The Balaban J connectivity index is 2.25. The highest BCUT2D eigenvalue weighted by molar-refractivity contribution is 6.24. The fraction of sp³-hybridized carbons (Fsp3) is 0.308. The Labute approximate surface area is 112 Å². The molecule has 1 amide bonds. The number of ketones is 2. The van der Waals surface area contributed by atoms with E-state index in [0.29, 0.717) is 0 Å². The number of halogens is 3. The molecule has 1 saturated heterocycles. The maximum Gasteiger partial charge on any atom is 0.416 e. The van der Waals surface area contributed by atoms with Crippen LogP contribution in [0, 0.1) is 5.92 Å². The Bertz CT molecular complexity index is 547. The van der Waals surface area contributed by atoms with E-state index in [1.807, 2.05) is 0 Å². The van der Waals surface area contributed by atoms with Crippen molar-refractivity contribution in [2.75, 3.05) is 6.54 Å². The minimum absolute atomic E-state index is 0.0444.